The first-order valence-corrected chi connectivity index (χ1v) is 8.60. The van der Waals surface area contributed by atoms with Gasteiger partial charge in [-0.3, -0.25) is 4.79 Å². The van der Waals surface area contributed by atoms with Crippen LogP contribution in [0.15, 0.2) is 42.7 Å². The number of pyridine rings is 1. The fourth-order valence-electron chi connectivity index (χ4n) is 2.61. The molecule has 2 heterocycles. The third-order valence-corrected chi connectivity index (χ3v) is 4.13. The highest BCUT2D eigenvalue weighted by Crippen LogP contribution is 2.29. The first-order chi connectivity index (χ1) is 13.4. The summed E-state index contributed by atoms with van der Waals surface area (Å²) in [6, 6.07) is 8.71. The van der Waals surface area contributed by atoms with E-state index in [-0.39, 0.29) is 5.69 Å². The third-order valence-electron chi connectivity index (χ3n) is 4.13. The summed E-state index contributed by atoms with van der Waals surface area (Å²) in [6.45, 7) is 3.43. The predicted molar refractivity (Wildman–Crippen MR) is 103 cm³/mol. The van der Waals surface area contributed by atoms with Gasteiger partial charge in [-0.1, -0.05) is 0 Å². The smallest absolute Gasteiger partial charge is 0.359 e. The van der Waals surface area contributed by atoms with Gasteiger partial charge in [0.25, 0.3) is 5.91 Å². The van der Waals surface area contributed by atoms with Crippen molar-refractivity contribution in [3.63, 3.8) is 0 Å². The van der Waals surface area contributed by atoms with Crippen molar-refractivity contribution in [3.05, 3.63) is 54.0 Å². The summed E-state index contributed by atoms with van der Waals surface area (Å²) in [5.41, 5.74) is 2.29. The molecule has 0 aliphatic heterocycles. The second-order valence-electron chi connectivity index (χ2n) is 6.20. The number of hydrogen-bond acceptors (Lipinski definition) is 6. The van der Waals surface area contributed by atoms with Crippen LogP contribution in [0.25, 0.3) is 5.65 Å². The number of ether oxygens (including phenoxy) is 3. The number of rotatable bonds is 6. The van der Waals surface area contributed by atoms with Gasteiger partial charge in [0.1, 0.15) is 5.65 Å². The maximum atomic E-state index is 12.4. The zero-order valence-corrected chi connectivity index (χ0v) is 16.1. The highest BCUT2D eigenvalue weighted by molar-refractivity contribution is 5.97. The summed E-state index contributed by atoms with van der Waals surface area (Å²) in [7, 11) is 3.03. The van der Waals surface area contributed by atoms with Gasteiger partial charge < -0.3 is 23.9 Å². The summed E-state index contributed by atoms with van der Waals surface area (Å²) >= 11 is 0. The number of imidazole rings is 1. The van der Waals surface area contributed by atoms with Gasteiger partial charge in [0.05, 0.1) is 14.2 Å². The van der Waals surface area contributed by atoms with Crippen molar-refractivity contribution in [2.24, 2.45) is 0 Å². The number of nitrogens with zero attached hydrogens (tertiary/aromatic N) is 2. The zero-order chi connectivity index (χ0) is 20.3. The van der Waals surface area contributed by atoms with E-state index in [9.17, 15) is 9.59 Å². The number of nitrogens with one attached hydrogen (secondary N) is 1. The minimum atomic E-state index is -1.01. The maximum absolute atomic E-state index is 12.4. The summed E-state index contributed by atoms with van der Waals surface area (Å²) in [4.78, 5) is 28.9. The highest BCUT2D eigenvalue weighted by Gasteiger charge is 2.21. The first-order valence-electron chi connectivity index (χ1n) is 8.60. The van der Waals surface area contributed by atoms with E-state index < -0.39 is 18.0 Å². The van der Waals surface area contributed by atoms with E-state index in [1.54, 1.807) is 28.8 Å². The van der Waals surface area contributed by atoms with Crippen molar-refractivity contribution < 1.29 is 23.8 Å². The van der Waals surface area contributed by atoms with E-state index in [0.29, 0.717) is 22.8 Å². The molecule has 1 amide bonds. The van der Waals surface area contributed by atoms with E-state index in [0.717, 1.165) is 5.56 Å². The summed E-state index contributed by atoms with van der Waals surface area (Å²) < 4.78 is 17.3. The van der Waals surface area contributed by atoms with Crippen molar-refractivity contribution in [1.29, 1.82) is 0 Å². The quantitative estimate of drug-likeness (QED) is 0.658. The van der Waals surface area contributed by atoms with Crippen molar-refractivity contribution in [3.8, 4) is 11.5 Å². The molecule has 1 unspecified atom stereocenters. The van der Waals surface area contributed by atoms with Crippen LogP contribution >= 0.6 is 0 Å². The minimum Gasteiger partial charge on any atom is -0.493 e. The Bertz CT molecular complexity index is 1030. The molecular weight excluding hydrogens is 362 g/mol. The van der Waals surface area contributed by atoms with E-state index >= 15 is 0 Å². The Labute approximate surface area is 162 Å². The summed E-state index contributed by atoms with van der Waals surface area (Å²) in [5.74, 6) is -0.122. The highest BCUT2D eigenvalue weighted by atomic mass is 16.5. The van der Waals surface area contributed by atoms with Crippen molar-refractivity contribution in [2.45, 2.75) is 20.0 Å². The molecule has 3 aromatic rings. The van der Waals surface area contributed by atoms with Crippen LogP contribution in [0.1, 0.15) is 23.0 Å². The molecular formula is C20H21N3O5. The van der Waals surface area contributed by atoms with Gasteiger partial charge in [0, 0.05) is 24.1 Å². The number of esters is 1. The molecule has 0 aliphatic carbocycles. The SMILES string of the molecule is COc1ccc(NC(=O)C(C)OC(=O)c2cn3ccc(C)cc3n2)cc1OC. The summed E-state index contributed by atoms with van der Waals surface area (Å²) in [6.07, 6.45) is 2.37. The second-order valence-corrected chi connectivity index (χ2v) is 6.20. The molecule has 2 aromatic heterocycles. The van der Waals surface area contributed by atoms with E-state index in [1.807, 2.05) is 25.3 Å². The third kappa shape index (κ3) is 4.06. The number of carbonyl (C=O) groups is 2. The Morgan fingerprint density at radius 2 is 1.86 bits per heavy atom. The summed E-state index contributed by atoms with van der Waals surface area (Å²) in [5, 5.41) is 2.68. The lowest BCUT2D eigenvalue weighted by Gasteiger charge is -2.14. The van der Waals surface area contributed by atoms with Crippen LogP contribution in [0.3, 0.4) is 0 Å². The monoisotopic (exact) mass is 383 g/mol. The number of carbonyl (C=O) groups excluding carboxylic acids is 2. The molecule has 28 heavy (non-hydrogen) atoms. The normalized spacial score (nSPS) is 11.7. The molecule has 0 saturated heterocycles. The van der Waals surface area contributed by atoms with Gasteiger partial charge in [-0.25, -0.2) is 9.78 Å². The molecule has 0 bridgehead atoms. The van der Waals surface area contributed by atoms with Crippen molar-refractivity contribution in [1.82, 2.24) is 9.38 Å². The Balaban J connectivity index is 1.66. The molecule has 1 atom stereocenters. The fraction of sp³-hybridized carbons (Fsp3) is 0.250. The fourth-order valence-corrected chi connectivity index (χ4v) is 2.61. The molecule has 1 N–H and O–H groups in total. The number of benzene rings is 1. The molecule has 8 heteroatoms. The number of amides is 1. The number of fused-ring (bicyclic) bond motifs is 1. The van der Waals surface area contributed by atoms with Gasteiger partial charge >= 0.3 is 5.97 Å². The van der Waals surface area contributed by atoms with Crippen LogP contribution in [0.5, 0.6) is 11.5 Å². The van der Waals surface area contributed by atoms with E-state index in [1.165, 1.54) is 21.1 Å². The molecule has 0 saturated carbocycles. The Morgan fingerprint density at radius 1 is 1.11 bits per heavy atom. The van der Waals surface area contributed by atoms with E-state index in [4.69, 9.17) is 14.2 Å². The Hall–Kier alpha value is -3.55. The van der Waals surface area contributed by atoms with Crippen molar-refractivity contribution in [2.75, 3.05) is 19.5 Å². The van der Waals surface area contributed by atoms with Crippen LogP contribution in [0.2, 0.25) is 0 Å². The predicted octanol–water partition coefficient (Wildman–Crippen LogP) is 2.84. The minimum absolute atomic E-state index is 0.136. The standard InChI is InChI=1S/C20H21N3O5/c1-12-7-8-23-11-15(22-18(23)9-12)20(25)28-13(2)19(24)21-14-5-6-16(26-3)17(10-14)27-4/h5-11,13H,1-4H3,(H,21,24). The lowest BCUT2D eigenvalue weighted by Crippen LogP contribution is -2.30. The number of hydrogen-bond donors (Lipinski definition) is 1. The Morgan fingerprint density at radius 3 is 2.57 bits per heavy atom. The van der Waals surface area contributed by atoms with E-state index in [2.05, 4.69) is 10.3 Å². The van der Waals surface area contributed by atoms with Crippen LogP contribution < -0.4 is 14.8 Å². The number of aromatic nitrogens is 2. The first kappa shape index (κ1) is 19.2. The lowest BCUT2D eigenvalue weighted by molar-refractivity contribution is -0.123. The van der Waals surface area contributed by atoms with Crippen LogP contribution in [-0.4, -0.2) is 41.6 Å². The average Bonchev–Trinajstić information content (AvgIpc) is 3.11. The van der Waals surface area contributed by atoms with Gasteiger partial charge in [-0.2, -0.15) is 0 Å². The molecule has 0 radical (unpaired) electrons. The average molecular weight is 383 g/mol. The van der Waals surface area contributed by atoms with Gasteiger partial charge in [0.15, 0.2) is 23.3 Å². The van der Waals surface area contributed by atoms with Crippen molar-refractivity contribution >= 4 is 23.2 Å². The van der Waals surface area contributed by atoms with Gasteiger partial charge in [0.2, 0.25) is 0 Å². The number of aryl methyl sites for hydroxylation is 1. The molecule has 0 spiro atoms. The Kier molecular flexibility index (Phi) is 5.49. The second kappa shape index (κ2) is 7.99. The number of anilines is 1. The molecule has 0 fully saturated rings. The van der Waals surface area contributed by atoms with Crippen LogP contribution in [-0.2, 0) is 9.53 Å². The largest absolute Gasteiger partial charge is 0.493 e. The van der Waals surface area contributed by atoms with Crippen LogP contribution in [0, 0.1) is 6.92 Å². The number of methoxy groups -OCH3 is 2. The molecule has 0 aliphatic rings. The molecule has 3 rings (SSSR count). The molecule has 8 nitrogen and oxygen atoms in total. The molecule has 146 valence electrons. The van der Waals surface area contributed by atoms with Gasteiger partial charge in [-0.15, -0.1) is 0 Å². The maximum Gasteiger partial charge on any atom is 0.359 e. The van der Waals surface area contributed by atoms with Crippen LogP contribution in [0.4, 0.5) is 5.69 Å². The van der Waals surface area contributed by atoms with Gasteiger partial charge in [-0.05, 0) is 43.7 Å². The topological polar surface area (TPSA) is 91.2 Å². The lowest BCUT2D eigenvalue weighted by atomic mass is 10.2. The molecule has 1 aromatic carbocycles. The zero-order valence-electron chi connectivity index (χ0n) is 16.1.